The van der Waals surface area contributed by atoms with Gasteiger partial charge in [-0.15, -0.1) is 11.3 Å². The standard InChI is InChI=1S/C27H39N5O3S/c1-5-28-26(35)29-24-23(20-8-6-7-9-21(20)36-24)25(34)32-16-14-30(15-17-32)19-10-12-31(13-11-19)22(33)18-27(2,3)4/h6-9,19H,5,10-18H2,1-4H3,(H2,28,29,35). The van der Waals surface area contributed by atoms with Crippen molar-refractivity contribution in [3.8, 4) is 0 Å². The van der Waals surface area contributed by atoms with Crippen molar-refractivity contribution in [3.63, 3.8) is 0 Å². The van der Waals surface area contributed by atoms with Gasteiger partial charge in [0.2, 0.25) is 5.91 Å². The normalized spacial score (nSPS) is 17.9. The molecule has 8 nitrogen and oxygen atoms in total. The fourth-order valence-corrected chi connectivity index (χ4v) is 6.24. The topological polar surface area (TPSA) is 85.0 Å². The summed E-state index contributed by atoms with van der Waals surface area (Å²) in [6, 6.07) is 7.97. The van der Waals surface area contributed by atoms with E-state index in [4.69, 9.17) is 0 Å². The maximum Gasteiger partial charge on any atom is 0.319 e. The summed E-state index contributed by atoms with van der Waals surface area (Å²) in [5.74, 6) is 0.234. The number of amides is 4. The van der Waals surface area contributed by atoms with E-state index in [1.165, 1.54) is 11.3 Å². The van der Waals surface area contributed by atoms with Crippen LogP contribution in [0, 0.1) is 5.41 Å². The average Bonchev–Trinajstić information content (AvgIpc) is 3.20. The van der Waals surface area contributed by atoms with Gasteiger partial charge in [0.05, 0.1) is 5.56 Å². The van der Waals surface area contributed by atoms with Crippen LogP contribution in [-0.4, -0.2) is 84.4 Å². The Bertz CT molecular complexity index is 1090. The molecule has 2 aromatic rings. The molecule has 4 amide bonds. The molecule has 0 saturated carbocycles. The number of nitrogens with zero attached hydrogens (tertiary/aromatic N) is 3. The first kappa shape index (κ1) is 26.4. The third-order valence-electron chi connectivity index (χ3n) is 6.99. The predicted octanol–water partition coefficient (Wildman–Crippen LogP) is 4.23. The average molecular weight is 514 g/mol. The smallest absolute Gasteiger partial charge is 0.319 e. The first-order valence-electron chi connectivity index (χ1n) is 13.0. The Kier molecular flexibility index (Phi) is 8.20. The molecule has 0 atom stereocenters. The highest BCUT2D eigenvalue weighted by molar-refractivity contribution is 7.23. The van der Waals surface area contributed by atoms with Crippen molar-refractivity contribution < 1.29 is 14.4 Å². The molecule has 0 radical (unpaired) electrons. The second-order valence-corrected chi connectivity index (χ2v) is 12.0. The van der Waals surface area contributed by atoms with Crippen LogP contribution in [0.1, 0.15) is 57.3 Å². The van der Waals surface area contributed by atoms with Crippen LogP contribution >= 0.6 is 11.3 Å². The molecule has 36 heavy (non-hydrogen) atoms. The van der Waals surface area contributed by atoms with Crippen molar-refractivity contribution in [3.05, 3.63) is 29.8 Å². The Balaban J connectivity index is 1.36. The van der Waals surface area contributed by atoms with Crippen molar-refractivity contribution in [1.82, 2.24) is 20.0 Å². The first-order chi connectivity index (χ1) is 17.2. The summed E-state index contributed by atoms with van der Waals surface area (Å²) >= 11 is 1.44. The van der Waals surface area contributed by atoms with Gasteiger partial charge in [-0.3, -0.25) is 19.8 Å². The third kappa shape index (κ3) is 6.18. The van der Waals surface area contributed by atoms with Crippen LogP contribution in [0.2, 0.25) is 0 Å². The fraction of sp³-hybridized carbons (Fsp3) is 0.593. The monoisotopic (exact) mass is 513 g/mol. The van der Waals surface area contributed by atoms with Crippen molar-refractivity contribution in [2.24, 2.45) is 5.41 Å². The minimum absolute atomic E-state index is 0.0137. The minimum atomic E-state index is -0.296. The lowest BCUT2D eigenvalue weighted by molar-refractivity contribution is -0.134. The molecular weight excluding hydrogens is 474 g/mol. The number of nitrogens with one attached hydrogen (secondary N) is 2. The van der Waals surface area contributed by atoms with Gasteiger partial charge < -0.3 is 15.1 Å². The summed E-state index contributed by atoms with van der Waals surface area (Å²) in [7, 11) is 0. The number of anilines is 1. The van der Waals surface area contributed by atoms with Crippen molar-refractivity contribution >= 4 is 44.3 Å². The highest BCUT2D eigenvalue weighted by Crippen LogP contribution is 2.37. The predicted molar refractivity (Wildman–Crippen MR) is 146 cm³/mol. The van der Waals surface area contributed by atoms with E-state index in [0.717, 1.165) is 49.1 Å². The second-order valence-electron chi connectivity index (χ2n) is 11.0. The number of hydrogen-bond acceptors (Lipinski definition) is 5. The van der Waals surface area contributed by atoms with Crippen LogP contribution in [0.5, 0.6) is 0 Å². The Labute approximate surface area is 218 Å². The van der Waals surface area contributed by atoms with E-state index in [1.807, 2.05) is 41.0 Å². The number of carbonyl (C=O) groups excluding carboxylic acids is 3. The van der Waals surface area contributed by atoms with Crippen molar-refractivity contribution in [2.45, 2.75) is 53.0 Å². The molecule has 0 unspecified atom stereocenters. The molecule has 2 aliphatic rings. The lowest BCUT2D eigenvalue weighted by Crippen LogP contribution is -2.54. The van der Waals surface area contributed by atoms with Gasteiger partial charge in [-0.25, -0.2) is 4.79 Å². The van der Waals surface area contributed by atoms with Crippen molar-refractivity contribution in [1.29, 1.82) is 0 Å². The number of piperazine rings is 1. The second kappa shape index (κ2) is 11.2. The van der Waals surface area contributed by atoms with Crippen LogP contribution in [-0.2, 0) is 4.79 Å². The summed E-state index contributed by atoms with van der Waals surface area (Å²) < 4.78 is 0.985. The van der Waals surface area contributed by atoms with Gasteiger partial charge in [0, 0.05) is 68.4 Å². The van der Waals surface area contributed by atoms with E-state index in [1.54, 1.807) is 0 Å². The third-order valence-corrected chi connectivity index (χ3v) is 8.08. The van der Waals surface area contributed by atoms with Gasteiger partial charge in [-0.1, -0.05) is 39.0 Å². The summed E-state index contributed by atoms with van der Waals surface area (Å²) in [4.78, 5) is 44.9. The molecule has 0 bridgehead atoms. The lowest BCUT2D eigenvalue weighted by atomic mass is 9.91. The van der Waals surface area contributed by atoms with Crippen LogP contribution in [0.15, 0.2) is 24.3 Å². The maximum atomic E-state index is 13.6. The van der Waals surface area contributed by atoms with Crippen LogP contribution in [0.4, 0.5) is 9.80 Å². The molecule has 2 aliphatic heterocycles. The van der Waals surface area contributed by atoms with Crippen molar-refractivity contribution in [2.75, 3.05) is 51.1 Å². The SMILES string of the molecule is CCNC(=O)Nc1sc2ccccc2c1C(=O)N1CCN(C2CCN(C(=O)CC(C)(C)C)CC2)CC1. The molecule has 0 spiro atoms. The number of urea groups is 1. The van der Waals surface area contributed by atoms with E-state index in [2.05, 4.69) is 36.3 Å². The highest BCUT2D eigenvalue weighted by atomic mass is 32.1. The Morgan fingerprint density at radius 2 is 1.64 bits per heavy atom. The molecule has 2 saturated heterocycles. The van der Waals surface area contributed by atoms with Gasteiger partial charge >= 0.3 is 6.03 Å². The minimum Gasteiger partial charge on any atom is -0.343 e. The molecule has 196 valence electrons. The number of carbonyl (C=O) groups is 3. The van der Waals surface area contributed by atoms with Crippen LogP contribution in [0.3, 0.4) is 0 Å². The van der Waals surface area contributed by atoms with E-state index in [0.29, 0.717) is 42.7 Å². The molecule has 0 aliphatic carbocycles. The molecule has 2 fully saturated rings. The first-order valence-corrected chi connectivity index (χ1v) is 13.9. The number of likely N-dealkylation sites (tertiary alicyclic amines) is 1. The summed E-state index contributed by atoms with van der Waals surface area (Å²) in [5, 5.41) is 7.12. The van der Waals surface area contributed by atoms with Gasteiger partial charge in [0.1, 0.15) is 5.00 Å². The highest BCUT2D eigenvalue weighted by Gasteiger charge is 2.32. The Morgan fingerprint density at radius 3 is 2.28 bits per heavy atom. The molecule has 4 rings (SSSR count). The number of rotatable bonds is 5. The fourth-order valence-electron chi connectivity index (χ4n) is 5.15. The summed E-state index contributed by atoms with van der Waals surface area (Å²) in [6.45, 7) is 13.3. The van der Waals surface area contributed by atoms with E-state index >= 15 is 0 Å². The molecule has 1 aromatic carbocycles. The zero-order valence-electron chi connectivity index (χ0n) is 21.9. The van der Waals surface area contributed by atoms with Gasteiger partial charge in [-0.05, 0) is 31.2 Å². The molecule has 1 aromatic heterocycles. The lowest BCUT2D eigenvalue weighted by Gasteiger charge is -2.43. The molecular formula is C27H39N5O3S. The van der Waals surface area contributed by atoms with Gasteiger partial charge in [0.15, 0.2) is 0 Å². The summed E-state index contributed by atoms with van der Waals surface area (Å²) in [6.07, 6.45) is 2.56. The van der Waals surface area contributed by atoms with Gasteiger partial charge in [0.25, 0.3) is 5.91 Å². The molecule has 9 heteroatoms. The van der Waals surface area contributed by atoms with E-state index in [9.17, 15) is 14.4 Å². The van der Waals surface area contributed by atoms with E-state index in [-0.39, 0.29) is 23.3 Å². The zero-order chi connectivity index (χ0) is 25.9. The summed E-state index contributed by atoms with van der Waals surface area (Å²) in [5.41, 5.74) is 0.598. The van der Waals surface area contributed by atoms with Crippen LogP contribution < -0.4 is 10.6 Å². The number of hydrogen-bond donors (Lipinski definition) is 2. The molecule has 3 heterocycles. The van der Waals surface area contributed by atoms with E-state index < -0.39 is 0 Å². The number of piperidine rings is 1. The zero-order valence-corrected chi connectivity index (χ0v) is 22.7. The Morgan fingerprint density at radius 1 is 0.972 bits per heavy atom. The Hall–Kier alpha value is -2.65. The number of thiophene rings is 1. The van der Waals surface area contributed by atoms with Crippen LogP contribution in [0.25, 0.3) is 10.1 Å². The quantitative estimate of drug-likeness (QED) is 0.627. The maximum absolute atomic E-state index is 13.6. The molecule has 2 N–H and O–H groups in total. The number of fused-ring (bicyclic) bond motifs is 1. The van der Waals surface area contributed by atoms with Gasteiger partial charge in [-0.2, -0.15) is 0 Å². The number of benzene rings is 1. The largest absolute Gasteiger partial charge is 0.343 e.